The van der Waals surface area contributed by atoms with Gasteiger partial charge in [-0.05, 0) is 55.7 Å². The maximum atomic E-state index is 13.8. The van der Waals surface area contributed by atoms with Gasteiger partial charge < -0.3 is 10.2 Å². The number of aryl methyl sites for hydroxylation is 2. The molecule has 3 nitrogen and oxygen atoms in total. The van der Waals surface area contributed by atoms with Crippen LogP contribution in [0.15, 0.2) is 35.3 Å². The first-order chi connectivity index (χ1) is 11.4. The summed E-state index contributed by atoms with van der Waals surface area (Å²) in [6.45, 7) is 6.88. The van der Waals surface area contributed by atoms with E-state index in [0.29, 0.717) is 23.5 Å². The van der Waals surface area contributed by atoms with Gasteiger partial charge in [0.25, 0.3) is 0 Å². The normalized spacial score (nSPS) is 11.1. The van der Waals surface area contributed by atoms with Crippen LogP contribution in [0.5, 0.6) is 0 Å². The minimum atomic E-state index is -0.312. The van der Waals surface area contributed by atoms with E-state index >= 15 is 0 Å². The van der Waals surface area contributed by atoms with Gasteiger partial charge in [-0.15, -0.1) is 0 Å². The summed E-state index contributed by atoms with van der Waals surface area (Å²) in [6.07, 6.45) is 1.73. The molecule has 0 saturated heterocycles. The van der Waals surface area contributed by atoms with Gasteiger partial charge >= 0.3 is 0 Å². The number of aliphatic imine (C=N–C) groups is 1. The second-order valence-corrected chi connectivity index (χ2v) is 5.87. The van der Waals surface area contributed by atoms with Gasteiger partial charge in [0.2, 0.25) is 0 Å². The maximum absolute atomic E-state index is 13.8. The molecule has 0 saturated carbocycles. The summed E-state index contributed by atoms with van der Waals surface area (Å²) in [5.41, 5.74) is 3.60. The highest BCUT2D eigenvalue weighted by Gasteiger charge is 2.08. The van der Waals surface area contributed by atoms with Gasteiger partial charge in [-0.1, -0.05) is 12.1 Å². The molecule has 0 fully saturated rings. The molecule has 0 unspecified atom stereocenters. The number of halogens is 2. The molecular formula is C19H23F2N3. The number of hydrogen-bond donors (Lipinski definition) is 1. The Hall–Kier alpha value is -2.43. The fourth-order valence-corrected chi connectivity index (χ4v) is 2.29. The lowest BCUT2D eigenvalue weighted by Gasteiger charge is -2.14. The fraction of sp³-hybridized carbons (Fsp3) is 0.316. The molecule has 0 bridgehead atoms. The lowest BCUT2D eigenvalue weighted by atomic mass is 10.1. The summed E-state index contributed by atoms with van der Waals surface area (Å²) in [7, 11) is 1.93. The van der Waals surface area contributed by atoms with Crippen LogP contribution in [0.3, 0.4) is 0 Å². The van der Waals surface area contributed by atoms with Gasteiger partial charge in [0.15, 0.2) is 0 Å². The van der Waals surface area contributed by atoms with E-state index in [1.54, 1.807) is 25.4 Å². The molecule has 1 N–H and O–H groups in total. The van der Waals surface area contributed by atoms with Crippen LogP contribution < -0.4 is 5.32 Å². The Morgan fingerprint density at radius 3 is 2.54 bits per heavy atom. The molecule has 0 aliphatic heterocycles. The van der Waals surface area contributed by atoms with Crippen molar-refractivity contribution in [3.8, 4) is 0 Å². The zero-order valence-electron chi connectivity index (χ0n) is 14.5. The van der Waals surface area contributed by atoms with E-state index in [9.17, 15) is 8.78 Å². The topological polar surface area (TPSA) is 27.6 Å². The highest BCUT2D eigenvalue weighted by atomic mass is 19.1. The summed E-state index contributed by atoms with van der Waals surface area (Å²) in [5.74, 6) is -0.540. The Kier molecular flexibility index (Phi) is 5.90. The van der Waals surface area contributed by atoms with Crippen molar-refractivity contribution in [1.29, 1.82) is 0 Å². The van der Waals surface area contributed by atoms with Crippen molar-refractivity contribution in [3.05, 3.63) is 58.7 Å². The molecule has 0 aliphatic rings. The summed E-state index contributed by atoms with van der Waals surface area (Å²) in [6, 6.07) is 7.84. The summed E-state index contributed by atoms with van der Waals surface area (Å²) >= 11 is 0. The number of benzene rings is 2. The number of hydrogen-bond acceptors (Lipinski definition) is 2. The third kappa shape index (κ3) is 4.54. The molecule has 0 heterocycles. The molecule has 0 atom stereocenters. The lowest BCUT2D eigenvalue weighted by Crippen LogP contribution is -2.14. The van der Waals surface area contributed by atoms with E-state index in [1.165, 1.54) is 18.2 Å². The van der Waals surface area contributed by atoms with E-state index < -0.39 is 0 Å². The first kappa shape index (κ1) is 17.9. The van der Waals surface area contributed by atoms with Crippen molar-refractivity contribution in [2.45, 2.75) is 27.3 Å². The van der Waals surface area contributed by atoms with Crippen LogP contribution in [0, 0.1) is 25.5 Å². The van der Waals surface area contributed by atoms with Gasteiger partial charge in [-0.2, -0.15) is 0 Å². The Morgan fingerprint density at radius 1 is 1.12 bits per heavy atom. The van der Waals surface area contributed by atoms with Crippen LogP contribution in [0.4, 0.5) is 20.2 Å². The van der Waals surface area contributed by atoms with Gasteiger partial charge in [-0.25, -0.2) is 13.8 Å². The molecule has 24 heavy (non-hydrogen) atoms. The predicted octanol–water partition coefficient (Wildman–Crippen LogP) is 4.81. The van der Waals surface area contributed by atoms with Crippen molar-refractivity contribution < 1.29 is 8.78 Å². The van der Waals surface area contributed by atoms with E-state index in [0.717, 1.165) is 17.7 Å². The third-order valence-corrected chi connectivity index (χ3v) is 3.85. The van der Waals surface area contributed by atoms with Crippen molar-refractivity contribution in [2.75, 3.05) is 18.9 Å². The van der Waals surface area contributed by atoms with Gasteiger partial charge in [0, 0.05) is 20.1 Å². The van der Waals surface area contributed by atoms with Crippen molar-refractivity contribution in [2.24, 2.45) is 4.99 Å². The molecule has 2 aromatic rings. The van der Waals surface area contributed by atoms with Crippen LogP contribution in [0.1, 0.15) is 23.6 Å². The first-order valence-electron chi connectivity index (χ1n) is 7.94. The summed E-state index contributed by atoms with van der Waals surface area (Å²) in [5, 5.41) is 3.20. The predicted molar refractivity (Wildman–Crippen MR) is 96.1 cm³/mol. The lowest BCUT2D eigenvalue weighted by molar-refractivity contribution is 0.552. The highest BCUT2D eigenvalue weighted by molar-refractivity contribution is 5.74. The molecule has 128 valence electrons. The van der Waals surface area contributed by atoms with Crippen LogP contribution in [-0.4, -0.2) is 24.8 Å². The minimum Gasteiger partial charge on any atom is -0.379 e. The van der Waals surface area contributed by atoms with Crippen molar-refractivity contribution in [1.82, 2.24) is 4.90 Å². The molecule has 2 rings (SSSR count). The maximum Gasteiger partial charge on any atom is 0.126 e. The van der Waals surface area contributed by atoms with Gasteiger partial charge in [0.1, 0.15) is 11.6 Å². The molecule has 2 aromatic carbocycles. The zero-order valence-corrected chi connectivity index (χ0v) is 14.5. The van der Waals surface area contributed by atoms with Crippen LogP contribution >= 0.6 is 0 Å². The van der Waals surface area contributed by atoms with Crippen molar-refractivity contribution >= 4 is 17.7 Å². The Balaban J connectivity index is 2.24. The Morgan fingerprint density at radius 2 is 1.88 bits per heavy atom. The molecule has 0 aliphatic carbocycles. The Bertz CT molecular complexity index is 742. The average Bonchev–Trinajstić information content (AvgIpc) is 2.54. The standard InChI is InChI=1S/C19H23F2N3/c1-5-24(4)12-23-19-14(3)9-16(20)10-18(19)22-11-15-6-7-17(21)13(2)8-15/h6-10,12,22H,5,11H2,1-4H3. The molecule has 0 amide bonds. The number of nitrogens with zero attached hydrogens (tertiary/aromatic N) is 2. The second kappa shape index (κ2) is 7.90. The van der Waals surface area contributed by atoms with Crippen LogP contribution in [0.25, 0.3) is 0 Å². The van der Waals surface area contributed by atoms with Gasteiger partial charge in [-0.3, -0.25) is 0 Å². The largest absolute Gasteiger partial charge is 0.379 e. The molecular weight excluding hydrogens is 308 g/mol. The SMILES string of the molecule is CCN(C)C=Nc1c(C)cc(F)cc1NCc1ccc(F)c(C)c1. The van der Waals surface area contributed by atoms with E-state index in [1.807, 2.05) is 25.8 Å². The van der Waals surface area contributed by atoms with Gasteiger partial charge in [0.05, 0.1) is 17.7 Å². The van der Waals surface area contributed by atoms with Crippen LogP contribution in [-0.2, 0) is 6.54 Å². The summed E-state index contributed by atoms with van der Waals surface area (Å²) < 4.78 is 27.1. The minimum absolute atomic E-state index is 0.228. The first-order valence-corrected chi connectivity index (χ1v) is 7.94. The fourth-order valence-electron chi connectivity index (χ4n) is 2.29. The Labute approximate surface area is 142 Å². The quantitative estimate of drug-likeness (QED) is 0.608. The van der Waals surface area contributed by atoms with Crippen molar-refractivity contribution in [3.63, 3.8) is 0 Å². The van der Waals surface area contributed by atoms with E-state index in [4.69, 9.17) is 0 Å². The van der Waals surface area contributed by atoms with Crippen LogP contribution in [0.2, 0.25) is 0 Å². The number of nitrogens with one attached hydrogen (secondary N) is 1. The zero-order chi connectivity index (χ0) is 17.7. The van der Waals surface area contributed by atoms with E-state index in [-0.39, 0.29) is 11.6 Å². The molecule has 5 heteroatoms. The molecule has 0 spiro atoms. The number of anilines is 1. The smallest absolute Gasteiger partial charge is 0.126 e. The van der Waals surface area contributed by atoms with E-state index in [2.05, 4.69) is 10.3 Å². The molecule has 0 radical (unpaired) electrons. The third-order valence-electron chi connectivity index (χ3n) is 3.85. The summed E-state index contributed by atoms with van der Waals surface area (Å²) in [4.78, 5) is 6.41. The highest BCUT2D eigenvalue weighted by Crippen LogP contribution is 2.30. The monoisotopic (exact) mass is 331 g/mol. The second-order valence-electron chi connectivity index (χ2n) is 5.87. The average molecular weight is 331 g/mol. The molecule has 0 aromatic heterocycles. The number of rotatable bonds is 6.